The van der Waals surface area contributed by atoms with Gasteiger partial charge in [-0.25, -0.2) is 4.98 Å². The van der Waals surface area contributed by atoms with E-state index in [1.807, 2.05) is 0 Å². The molecule has 7 heteroatoms. The quantitative estimate of drug-likeness (QED) is 0.816. The van der Waals surface area contributed by atoms with Crippen LogP contribution in [0.25, 0.3) is 0 Å². The van der Waals surface area contributed by atoms with Crippen LogP contribution in [0.3, 0.4) is 0 Å². The van der Waals surface area contributed by atoms with Gasteiger partial charge in [0.25, 0.3) is 0 Å². The van der Waals surface area contributed by atoms with Crippen molar-refractivity contribution in [3.63, 3.8) is 0 Å². The maximum absolute atomic E-state index is 5.57. The average molecular weight is 249 g/mol. The highest BCUT2D eigenvalue weighted by atomic mass is 32.1. The first-order chi connectivity index (χ1) is 8.06. The van der Waals surface area contributed by atoms with Gasteiger partial charge in [-0.1, -0.05) is 12.2 Å². The number of thiocarbonyl (C=S) groups is 1. The second-order valence-corrected chi connectivity index (χ2v) is 3.89. The highest BCUT2D eigenvalue weighted by molar-refractivity contribution is 7.80. The first-order valence-electron chi connectivity index (χ1n) is 4.86. The largest absolute Gasteiger partial charge is 0.435 e. The monoisotopic (exact) mass is 249 g/mol. The van der Waals surface area contributed by atoms with E-state index in [-0.39, 0.29) is 4.99 Å². The number of rotatable bonds is 3. The Hall–Kier alpha value is -2.02. The van der Waals surface area contributed by atoms with Gasteiger partial charge in [0, 0.05) is 13.2 Å². The minimum atomic E-state index is 0.198. The molecule has 0 amide bonds. The lowest BCUT2D eigenvalue weighted by atomic mass is 10.3. The van der Waals surface area contributed by atoms with E-state index in [1.165, 1.54) is 0 Å². The molecule has 0 fully saturated rings. The lowest BCUT2D eigenvalue weighted by molar-refractivity contribution is 0.458. The van der Waals surface area contributed by atoms with Crippen LogP contribution in [0, 0.1) is 6.92 Å². The normalized spacial score (nSPS) is 10.2. The van der Waals surface area contributed by atoms with E-state index < -0.39 is 0 Å². The SMILES string of the molecule is Cc1ncc(C(N)=S)c(Oc2cnn(C)c2)n1. The van der Waals surface area contributed by atoms with E-state index in [2.05, 4.69) is 15.1 Å². The molecule has 2 rings (SSSR count). The molecule has 0 saturated heterocycles. The van der Waals surface area contributed by atoms with Crippen LogP contribution >= 0.6 is 12.2 Å². The van der Waals surface area contributed by atoms with E-state index >= 15 is 0 Å². The zero-order chi connectivity index (χ0) is 12.4. The van der Waals surface area contributed by atoms with Crippen molar-refractivity contribution in [2.75, 3.05) is 0 Å². The van der Waals surface area contributed by atoms with Gasteiger partial charge in [-0.2, -0.15) is 10.1 Å². The summed E-state index contributed by atoms with van der Waals surface area (Å²) in [5.41, 5.74) is 6.08. The third-order valence-electron chi connectivity index (χ3n) is 2.04. The molecule has 0 aliphatic rings. The molecule has 0 radical (unpaired) electrons. The van der Waals surface area contributed by atoms with Crippen molar-refractivity contribution in [2.24, 2.45) is 12.8 Å². The molecule has 6 nitrogen and oxygen atoms in total. The van der Waals surface area contributed by atoms with Crippen LogP contribution in [0.5, 0.6) is 11.6 Å². The van der Waals surface area contributed by atoms with Crippen molar-refractivity contribution in [3.05, 3.63) is 30.0 Å². The van der Waals surface area contributed by atoms with Gasteiger partial charge >= 0.3 is 0 Å². The minimum absolute atomic E-state index is 0.198. The summed E-state index contributed by atoms with van der Waals surface area (Å²) in [5.74, 6) is 1.50. The van der Waals surface area contributed by atoms with E-state index in [9.17, 15) is 0 Å². The van der Waals surface area contributed by atoms with Crippen molar-refractivity contribution in [2.45, 2.75) is 6.92 Å². The zero-order valence-electron chi connectivity index (χ0n) is 9.41. The topological polar surface area (TPSA) is 78.9 Å². The summed E-state index contributed by atoms with van der Waals surface area (Å²) in [4.78, 5) is 8.39. The Morgan fingerprint density at radius 2 is 2.24 bits per heavy atom. The highest BCUT2D eigenvalue weighted by Crippen LogP contribution is 2.22. The van der Waals surface area contributed by atoms with Crippen molar-refractivity contribution in [3.8, 4) is 11.6 Å². The van der Waals surface area contributed by atoms with Gasteiger partial charge in [0.1, 0.15) is 10.8 Å². The number of aromatic nitrogens is 4. The number of hydrogen-bond acceptors (Lipinski definition) is 5. The first kappa shape index (κ1) is 11.5. The molecular weight excluding hydrogens is 238 g/mol. The fraction of sp³-hybridized carbons (Fsp3) is 0.200. The van der Waals surface area contributed by atoms with Gasteiger partial charge in [0.2, 0.25) is 5.88 Å². The molecule has 0 bridgehead atoms. The van der Waals surface area contributed by atoms with Gasteiger partial charge in [0.05, 0.1) is 18.0 Å². The Morgan fingerprint density at radius 1 is 1.47 bits per heavy atom. The van der Waals surface area contributed by atoms with Gasteiger partial charge < -0.3 is 10.5 Å². The van der Waals surface area contributed by atoms with Crippen molar-refractivity contribution < 1.29 is 4.74 Å². The number of nitrogens with zero attached hydrogens (tertiary/aromatic N) is 4. The molecule has 0 atom stereocenters. The van der Waals surface area contributed by atoms with Crippen molar-refractivity contribution in [1.82, 2.24) is 19.7 Å². The summed E-state index contributed by atoms with van der Waals surface area (Å²) in [6.07, 6.45) is 4.86. The molecule has 2 aromatic rings. The summed E-state index contributed by atoms with van der Waals surface area (Å²) in [7, 11) is 1.80. The Labute approximate surface area is 103 Å². The third-order valence-corrected chi connectivity index (χ3v) is 2.26. The van der Waals surface area contributed by atoms with Crippen LogP contribution in [-0.4, -0.2) is 24.7 Å². The van der Waals surface area contributed by atoms with Gasteiger partial charge in [-0.05, 0) is 6.92 Å². The molecule has 0 spiro atoms. The molecule has 0 unspecified atom stereocenters. The lowest BCUT2D eigenvalue weighted by Gasteiger charge is -2.07. The second kappa shape index (κ2) is 4.46. The first-order valence-corrected chi connectivity index (χ1v) is 5.27. The summed E-state index contributed by atoms with van der Waals surface area (Å²) in [6.45, 7) is 1.76. The molecule has 2 aromatic heterocycles. The van der Waals surface area contributed by atoms with Crippen LogP contribution in [0.1, 0.15) is 11.4 Å². The molecule has 88 valence electrons. The van der Waals surface area contributed by atoms with E-state index in [1.54, 1.807) is 37.2 Å². The summed E-state index contributed by atoms with van der Waals surface area (Å²) >= 11 is 4.91. The van der Waals surface area contributed by atoms with E-state index in [0.29, 0.717) is 23.0 Å². The highest BCUT2D eigenvalue weighted by Gasteiger charge is 2.11. The predicted molar refractivity (Wildman–Crippen MR) is 65.9 cm³/mol. The Morgan fingerprint density at radius 3 is 2.82 bits per heavy atom. The summed E-state index contributed by atoms with van der Waals surface area (Å²) in [5, 5.41) is 3.99. The molecule has 0 aromatic carbocycles. The molecule has 2 heterocycles. The molecular formula is C10H11N5OS. The molecule has 0 aliphatic heterocycles. The molecule has 17 heavy (non-hydrogen) atoms. The number of ether oxygens (including phenoxy) is 1. The van der Waals surface area contributed by atoms with Crippen molar-refractivity contribution in [1.29, 1.82) is 0 Å². The fourth-order valence-electron chi connectivity index (χ4n) is 1.26. The predicted octanol–water partition coefficient (Wildman–Crippen LogP) is 0.945. The maximum atomic E-state index is 5.57. The Kier molecular flexibility index (Phi) is 3.01. The van der Waals surface area contributed by atoms with E-state index in [0.717, 1.165) is 0 Å². The smallest absolute Gasteiger partial charge is 0.232 e. The van der Waals surface area contributed by atoms with Crippen LogP contribution in [0.2, 0.25) is 0 Å². The maximum Gasteiger partial charge on any atom is 0.232 e. The molecule has 2 N–H and O–H groups in total. The van der Waals surface area contributed by atoms with Gasteiger partial charge in [0.15, 0.2) is 5.75 Å². The zero-order valence-corrected chi connectivity index (χ0v) is 10.2. The fourth-order valence-corrected chi connectivity index (χ4v) is 1.40. The van der Waals surface area contributed by atoms with Crippen LogP contribution < -0.4 is 10.5 Å². The van der Waals surface area contributed by atoms with Gasteiger partial charge in [-0.15, -0.1) is 0 Å². The minimum Gasteiger partial charge on any atom is -0.435 e. The molecule has 0 aliphatic carbocycles. The third kappa shape index (κ3) is 2.56. The average Bonchev–Trinajstić information content (AvgIpc) is 2.63. The second-order valence-electron chi connectivity index (χ2n) is 3.45. The van der Waals surface area contributed by atoms with Crippen LogP contribution in [0.4, 0.5) is 0 Å². The number of aryl methyl sites for hydroxylation is 2. The van der Waals surface area contributed by atoms with Crippen LogP contribution in [-0.2, 0) is 7.05 Å². The van der Waals surface area contributed by atoms with Gasteiger partial charge in [-0.3, -0.25) is 4.68 Å². The Balaban J connectivity index is 2.37. The standard InChI is InChI=1S/C10H11N5OS/c1-6-12-4-8(9(11)17)10(14-6)16-7-3-13-15(2)5-7/h3-5H,1-2H3,(H2,11,17). The summed E-state index contributed by atoms with van der Waals surface area (Å²) in [6, 6.07) is 0. The number of hydrogen-bond donors (Lipinski definition) is 1. The van der Waals surface area contributed by atoms with E-state index in [4.69, 9.17) is 22.7 Å². The molecule has 0 saturated carbocycles. The lowest BCUT2D eigenvalue weighted by Crippen LogP contribution is -2.12. The number of nitrogens with two attached hydrogens (primary N) is 1. The Bertz CT molecular complexity index is 566. The van der Waals surface area contributed by atoms with Crippen molar-refractivity contribution >= 4 is 17.2 Å². The van der Waals surface area contributed by atoms with Crippen LogP contribution in [0.15, 0.2) is 18.6 Å². The summed E-state index contributed by atoms with van der Waals surface area (Å²) < 4.78 is 7.20.